The highest BCUT2D eigenvalue weighted by Crippen LogP contribution is 2.17. The molecule has 1 amide bonds. The largest absolute Gasteiger partial charge is 0.505 e. The van der Waals surface area contributed by atoms with E-state index in [0.717, 1.165) is 25.9 Å². The molecule has 0 aliphatic carbocycles. The number of rotatable bonds is 1. The summed E-state index contributed by atoms with van der Waals surface area (Å²) in [5, 5.41) is 9.43. The smallest absolute Gasteiger partial charge is 0.276 e. The van der Waals surface area contributed by atoms with Gasteiger partial charge in [-0.3, -0.25) is 4.79 Å². The van der Waals surface area contributed by atoms with Crippen LogP contribution in [0.3, 0.4) is 0 Å². The van der Waals surface area contributed by atoms with Gasteiger partial charge in [0.15, 0.2) is 5.69 Å². The Morgan fingerprint density at radius 3 is 2.79 bits per heavy atom. The van der Waals surface area contributed by atoms with Crippen LogP contribution in [-0.4, -0.2) is 34.0 Å². The maximum absolute atomic E-state index is 11.8. The Balaban J connectivity index is 2.22. The number of carbonyl (C=O) groups is 1. The fourth-order valence-corrected chi connectivity index (χ4v) is 1.63. The highest BCUT2D eigenvalue weighted by atomic mass is 16.3. The first-order chi connectivity index (χ1) is 6.79. The third-order valence-corrected chi connectivity index (χ3v) is 2.38. The van der Waals surface area contributed by atoms with E-state index < -0.39 is 0 Å². The summed E-state index contributed by atoms with van der Waals surface area (Å²) in [7, 11) is 0. The number of pyridine rings is 1. The number of hydrogen-bond acceptors (Lipinski definition) is 3. The molecular formula is C10H12N2O2. The van der Waals surface area contributed by atoms with Crippen molar-refractivity contribution in [3.63, 3.8) is 0 Å². The van der Waals surface area contributed by atoms with E-state index in [-0.39, 0.29) is 17.4 Å². The minimum Gasteiger partial charge on any atom is -0.505 e. The molecule has 14 heavy (non-hydrogen) atoms. The topological polar surface area (TPSA) is 53.4 Å². The van der Waals surface area contributed by atoms with Gasteiger partial charge < -0.3 is 10.0 Å². The lowest BCUT2D eigenvalue weighted by atomic mass is 10.3. The van der Waals surface area contributed by atoms with Crippen LogP contribution < -0.4 is 0 Å². The van der Waals surface area contributed by atoms with Crippen LogP contribution >= 0.6 is 0 Å². The van der Waals surface area contributed by atoms with E-state index in [9.17, 15) is 9.90 Å². The fraction of sp³-hybridized carbons (Fsp3) is 0.400. The van der Waals surface area contributed by atoms with Gasteiger partial charge in [0.05, 0.1) is 0 Å². The van der Waals surface area contributed by atoms with Gasteiger partial charge in [-0.25, -0.2) is 4.98 Å². The molecular weight excluding hydrogens is 180 g/mol. The van der Waals surface area contributed by atoms with Crippen molar-refractivity contribution in [2.45, 2.75) is 12.8 Å². The van der Waals surface area contributed by atoms with E-state index in [4.69, 9.17) is 0 Å². The molecule has 1 aliphatic heterocycles. The Bertz CT molecular complexity index is 346. The van der Waals surface area contributed by atoms with E-state index in [0.29, 0.717) is 0 Å². The van der Waals surface area contributed by atoms with E-state index in [1.807, 2.05) is 0 Å². The molecule has 1 aromatic rings. The molecule has 0 aromatic carbocycles. The number of hydrogen-bond donors (Lipinski definition) is 1. The predicted octanol–water partition coefficient (Wildman–Crippen LogP) is 1.02. The third-order valence-electron chi connectivity index (χ3n) is 2.38. The number of aromatic hydroxyl groups is 1. The molecule has 1 saturated heterocycles. The number of amides is 1. The lowest BCUT2D eigenvalue weighted by molar-refractivity contribution is 0.0783. The van der Waals surface area contributed by atoms with E-state index >= 15 is 0 Å². The maximum Gasteiger partial charge on any atom is 0.276 e. The van der Waals surface area contributed by atoms with Gasteiger partial charge in [-0.15, -0.1) is 0 Å². The number of carbonyl (C=O) groups excluding carboxylic acids is 1. The first kappa shape index (κ1) is 8.99. The van der Waals surface area contributed by atoms with Crippen LogP contribution in [0.2, 0.25) is 0 Å². The van der Waals surface area contributed by atoms with Gasteiger partial charge in [0.2, 0.25) is 0 Å². The van der Waals surface area contributed by atoms with Crippen molar-refractivity contribution in [1.29, 1.82) is 0 Å². The zero-order valence-corrected chi connectivity index (χ0v) is 7.81. The van der Waals surface area contributed by atoms with Crippen molar-refractivity contribution < 1.29 is 9.90 Å². The molecule has 4 nitrogen and oxygen atoms in total. The average molecular weight is 192 g/mol. The first-order valence-electron chi connectivity index (χ1n) is 4.72. The lowest BCUT2D eigenvalue weighted by Gasteiger charge is -2.14. The third kappa shape index (κ3) is 1.55. The van der Waals surface area contributed by atoms with Gasteiger partial charge in [-0.05, 0) is 25.0 Å². The maximum atomic E-state index is 11.8. The quantitative estimate of drug-likeness (QED) is 0.722. The Kier molecular flexibility index (Phi) is 2.35. The second-order valence-corrected chi connectivity index (χ2v) is 3.37. The van der Waals surface area contributed by atoms with Crippen molar-refractivity contribution in [3.05, 3.63) is 24.0 Å². The number of nitrogens with zero attached hydrogens (tertiary/aromatic N) is 2. The van der Waals surface area contributed by atoms with Gasteiger partial charge in [0.25, 0.3) is 5.91 Å². The molecule has 1 N–H and O–H groups in total. The lowest BCUT2D eigenvalue weighted by Crippen LogP contribution is -2.28. The van der Waals surface area contributed by atoms with Crippen molar-refractivity contribution in [2.24, 2.45) is 0 Å². The summed E-state index contributed by atoms with van der Waals surface area (Å²) >= 11 is 0. The first-order valence-corrected chi connectivity index (χ1v) is 4.72. The molecule has 74 valence electrons. The van der Waals surface area contributed by atoms with Crippen LogP contribution in [0, 0.1) is 0 Å². The SMILES string of the molecule is O=C(c1ncccc1O)N1CCCC1. The van der Waals surface area contributed by atoms with Gasteiger partial charge in [-0.2, -0.15) is 0 Å². The Morgan fingerprint density at radius 1 is 1.43 bits per heavy atom. The van der Waals surface area contributed by atoms with Crippen molar-refractivity contribution in [2.75, 3.05) is 13.1 Å². The van der Waals surface area contributed by atoms with Gasteiger partial charge in [-0.1, -0.05) is 0 Å². The molecule has 1 aromatic heterocycles. The Morgan fingerprint density at radius 2 is 2.14 bits per heavy atom. The summed E-state index contributed by atoms with van der Waals surface area (Å²) < 4.78 is 0. The molecule has 4 heteroatoms. The molecule has 0 bridgehead atoms. The van der Waals surface area contributed by atoms with Gasteiger partial charge >= 0.3 is 0 Å². The van der Waals surface area contributed by atoms with Crippen molar-refractivity contribution in [1.82, 2.24) is 9.88 Å². The van der Waals surface area contributed by atoms with Gasteiger partial charge in [0.1, 0.15) is 5.75 Å². The predicted molar refractivity (Wildman–Crippen MR) is 51.0 cm³/mol. The minimum atomic E-state index is -0.166. The van der Waals surface area contributed by atoms with E-state index in [1.54, 1.807) is 11.0 Å². The molecule has 2 rings (SSSR count). The van der Waals surface area contributed by atoms with Crippen molar-refractivity contribution >= 4 is 5.91 Å². The van der Waals surface area contributed by atoms with Crippen LogP contribution in [0.1, 0.15) is 23.3 Å². The number of likely N-dealkylation sites (tertiary alicyclic amines) is 1. The van der Waals surface area contributed by atoms with E-state index in [1.165, 1.54) is 12.3 Å². The molecule has 0 radical (unpaired) electrons. The molecule has 2 heterocycles. The Hall–Kier alpha value is -1.58. The summed E-state index contributed by atoms with van der Waals surface area (Å²) in [6.07, 6.45) is 3.60. The fourth-order valence-electron chi connectivity index (χ4n) is 1.63. The zero-order valence-electron chi connectivity index (χ0n) is 7.81. The summed E-state index contributed by atoms with van der Waals surface area (Å²) in [5.41, 5.74) is 0.161. The standard InChI is InChI=1S/C10H12N2O2/c13-8-4-3-5-11-9(8)10(14)12-6-1-2-7-12/h3-5,13H,1-2,6-7H2. The van der Waals surface area contributed by atoms with Crippen molar-refractivity contribution in [3.8, 4) is 5.75 Å². The highest BCUT2D eigenvalue weighted by Gasteiger charge is 2.22. The molecule has 0 atom stereocenters. The van der Waals surface area contributed by atoms with Gasteiger partial charge in [0, 0.05) is 19.3 Å². The summed E-state index contributed by atoms with van der Waals surface area (Å²) in [6, 6.07) is 3.09. The zero-order chi connectivity index (χ0) is 9.97. The summed E-state index contributed by atoms with van der Waals surface area (Å²) in [6.45, 7) is 1.55. The van der Waals surface area contributed by atoms with Crippen LogP contribution in [0.4, 0.5) is 0 Å². The second-order valence-electron chi connectivity index (χ2n) is 3.37. The van der Waals surface area contributed by atoms with Crippen LogP contribution in [-0.2, 0) is 0 Å². The molecule has 1 aliphatic rings. The molecule has 0 spiro atoms. The van der Waals surface area contributed by atoms with Crippen LogP contribution in [0.15, 0.2) is 18.3 Å². The molecule has 0 unspecified atom stereocenters. The summed E-state index contributed by atoms with van der Waals surface area (Å²) in [4.78, 5) is 17.4. The average Bonchev–Trinajstić information content (AvgIpc) is 2.70. The van der Waals surface area contributed by atoms with Crippen LogP contribution in [0.5, 0.6) is 5.75 Å². The second kappa shape index (κ2) is 3.65. The van der Waals surface area contributed by atoms with Crippen LogP contribution in [0.25, 0.3) is 0 Å². The Labute approximate surface area is 82.2 Å². The molecule has 1 fully saturated rings. The normalized spacial score (nSPS) is 15.9. The van der Waals surface area contributed by atoms with E-state index in [2.05, 4.69) is 4.98 Å². The molecule has 0 saturated carbocycles. The highest BCUT2D eigenvalue weighted by molar-refractivity contribution is 5.94. The summed E-state index contributed by atoms with van der Waals surface area (Å²) in [5.74, 6) is -0.204. The number of aromatic nitrogens is 1. The monoisotopic (exact) mass is 192 g/mol. The minimum absolute atomic E-state index is 0.0376.